The summed E-state index contributed by atoms with van der Waals surface area (Å²) in [4.78, 5) is 14.3. The molecule has 1 saturated heterocycles. The summed E-state index contributed by atoms with van der Waals surface area (Å²) in [5, 5.41) is 1.88. The van der Waals surface area contributed by atoms with Crippen molar-refractivity contribution in [3.63, 3.8) is 0 Å². The molecule has 1 aliphatic heterocycles. The summed E-state index contributed by atoms with van der Waals surface area (Å²) < 4.78 is 27.9. The molecule has 4 nitrogen and oxygen atoms in total. The maximum absolute atomic E-state index is 13.4. The fourth-order valence-corrected chi connectivity index (χ4v) is 5.97. The standard InChI is InChI=1S/C24H23NO3S2/c1-17-10-12-20(13-11-17)30(27,28)25-15-18(2)21(16-25)23(19-7-4-3-5-8-19)24(26)22-9-6-14-29-22/h3-14,18H,15-16H2,1-2H3/b23-21-/t18-/m1/s1. The van der Waals surface area contributed by atoms with Crippen molar-refractivity contribution in [1.29, 1.82) is 0 Å². The van der Waals surface area contributed by atoms with Crippen LogP contribution in [-0.2, 0) is 10.0 Å². The molecule has 0 radical (unpaired) electrons. The van der Waals surface area contributed by atoms with Gasteiger partial charge in [0.05, 0.1) is 9.77 Å². The number of carbonyl (C=O) groups excluding carboxylic acids is 1. The van der Waals surface area contributed by atoms with Crippen LogP contribution in [0.15, 0.2) is 82.6 Å². The second kappa shape index (κ2) is 8.30. The lowest BCUT2D eigenvalue weighted by molar-refractivity contribution is 0.105. The van der Waals surface area contributed by atoms with E-state index in [0.717, 1.165) is 16.7 Å². The van der Waals surface area contributed by atoms with Gasteiger partial charge in [0.15, 0.2) is 0 Å². The molecule has 2 aromatic carbocycles. The molecular formula is C24H23NO3S2. The number of ketones is 1. The highest BCUT2D eigenvalue weighted by Crippen LogP contribution is 2.35. The summed E-state index contributed by atoms with van der Waals surface area (Å²) in [7, 11) is -3.63. The summed E-state index contributed by atoms with van der Waals surface area (Å²) in [6.45, 7) is 4.50. The van der Waals surface area contributed by atoms with E-state index in [0.29, 0.717) is 17.0 Å². The first-order chi connectivity index (χ1) is 14.4. The Kier molecular flexibility index (Phi) is 5.73. The van der Waals surface area contributed by atoms with Crippen LogP contribution in [0.4, 0.5) is 0 Å². The predicted octanol–water partition coefficient (Wildman–Crippen LogP) is 5.03. The Morgan fingerprint density at radius 3 is 2.33 bits per heavy atom. The Morgan fingerprint density at radius 2 is 1.70 bits per heavy atom. The van der Waals surface area contributed by atoms with E-state index in [2.05, 4.69) is 0 Å². The monoisotopic (exact) mass is 437 g/mol. The van der Waals surface area contributed by atoms with Crippen molar-refractivity contribution in [3.05, 3.63) is 93.7 Å². The average molecular weight is 438 g/mol. The van der Waals surface area contributed by atoms with Gasteiger partial charge in [-0.05, 0) is 47.6 Å². The lowest BCUT2D eigenvalue weighted by atomic mass is 9.90. The van der Waals surface area contributed by atoms with Gasteiger partial charge in [0, 0.05) is 18.7 Å². The second-order valence-electron chi connectivity index (χ2n) is 7.58. The zero-order valence-corrected chi connectivity index (χ0v) is 18.5. The van der Waals surface area contributed by atoms with E-state index >= 15 is 0 Å². The molecule has 6 heteroatoms. The van der Waals surface area contributed by atoms with Crippen LogP contribution in [0.25, 0.3) is 5.57 Å². The summed E-state index contributed by atoms with van der Waals surface area (Å²) >= 11 is 1.40. The van der Waals surface area contributed by atoms with Crippen molar-refractivity contribution in [1.82, 2.24) is 4.31 Å². The van der Waals surface area contributed by atoms with Gasteiger partial charge < -0.3 is 0 Å². The van der Waals surface area contributed by atoms with Gasteiger partial charge in [-0.25, -0.2) is 8.42 Å². The summed E-state index contributed by atoms with van der Waals surface area (Å²) in [5.74, 6) is -0.100. The first kappa shape index (κ1) is 20.7. The Morgan fingerprint density at radius 1 is 1.00 bits per heavy atom. The van der Waals surface area contributed by atoms with Gasteiger partial charge in [0.2, 0.25) is 15.8 Å². The molecule has 0 aliphatic carbocycles. The van der Waals surface area contributed by atoms with Crippen molar-refractivity contribution in [3.8, 4) is 0 Å². The minimum absolute atomic E-state index is 0.0485. The number of rotatable bonds is 5. The van der Waals surface area contributed by atoms with Crippen LogP contribution in [0, 0.1) is 12.8 Å². The fraction of sp³-hybridized carbons (Fsp3) is 0.208. The number of hydrogen-bond donors (Lipinski definition) is 0. The fourth-order valence-electron chi connectivity index (χ4n) is 3.79. The third-order valence-corrected chi connectivity index (χ3v) is 8.13. The molecule has 30 heavy (non-hydrogen) atoms. The second-order valence-corrected chi connectivity index (χ2v) is 10.5. The lowest BCUT2D eigenvalue weighted by Gasteiger charge is -2.16. The number of aryl methyl sites for hydroxylation is 1. The van der Waals surface area contributed by atoms with Gasteiger partial charge in [-0.15, -0.1) is 11.3 Å². The Hall–Kier alpha value is -2.54. The number of benzene rings is 2. The molecule has 154 valence electrons. The highest BCUT2D eigenvalue weighted by molar-refractivity contribution is 7.89. The molecule has 2 heterocycles. The molecule has 0 amide bonds. The molecule has 0 spiro atoms. The maximum atomic E-state index is 13.4. The Labute approximate surface area is 181 Å². The van der Waals surface area contributed by atoms with E-state index in [4.69, 9.17) is 0 Å². The van der Waals surface area contributed by atoms with Gasteiger partial charge in [0.1, 0.15) is 0 Å². The minimum atomic E-state index is -3.63. The van der Waals surface area contributed by atoms with Crippen molar-refractivity contribution >= 4 is 32.7 Å². The van der Waals surface area contributed by atoms with Gasteiger partial charge in [-0.2, -0.15) is 4.31 Å². The van der Waals surface area contributed by atoms with Gasteiger partial charge >= 0.3 is 0 Å². The van der Waals surface area contributed by atoms with Crippen LogP contribution >= 0.6 is 11.3 Å². The van der Waals surface area contributed by atoms with E-state index in [1.165, 1.54) is 15.6 Å². The van der Waals surface area contributed by atoms with Crippen molar-refractivity contribution in [2.45, 2.75) is 18.7 Å². The van der Waals surface area contributed by atoms with E-state index in [9.17, 15) is 13.2 Å². The van der Waals surface area contributed by atoms with Crippen LogP contribution in [0.3, 0.4) is 0 Å². The zero-order valence-electron chi connectivity index (χ0n) is 16.9. The summed E-state index contributed by atoms with van der Waals surface area (Å²) in [5.41, 5.74) is 3.33. The topological polar surface area (TPSA) is 54.5 Å². The van der Waals surface area contributed by atoms with E-state index in [1.807, 2.05) is 61.7 Å². The Bertz CT molecular complexity index is 1180. The number of sulfonamides is 1. The van der Waals surface area contributed by atoms with Gasteiger partial charge in [0.25, 0.3) is 0 Å². The molecule has 1 atom stereocenters. The number of carbonyl (C=O) groups is 1. The third-order valence-electron chi connectivity index (χ3n) is 5.43. The normalized spacial score (nSPS) is 19.1. The highest BCUT2D eigenvalue weighted by Gasteiger charge is 2.36. The van der Waals surface area contributed by atoms with E-state index in [1.54, 1.807) is 24.3 Å². The molecule has 0 bridgehead atoms. The molecule has 0 N–H and O–H groups in total. The van der Waals surface area contributed by atoms with Crippen molar-refractivity contribution in [2.24, 2.45) is 5.92 Å². The van der Waals surface area contributed by atoms with Crippen molar-refractivity contribution in [2.75, 3.05) is 13.1 Å². The number of hydrogen-bond acceptors (Lipinski definition) is 4. The third kappa shape index (κ3) is 3.90. The maximum Gasteiger partial charge on any atom is 0.243 e. The highest BCUT2D eigenvalue weighted by atomic mass is 32.2. The van der Waals surface area contributed by atoms with Crippen LogP contribution in [0.5, 0.6) is 0 Å². The largest absolute Gasteiger partial charge is 0.288 e. The molecule has 1 aliphatic rings. The first-order valence-electron chi connectivity index (χ1n) is 9.81. The Balaban J connectivity index is 1.77. The minimum Gasteiger partial charge on any atom is -0.288 e. The lowest BCUT2D eigenvalue weighted by Crippen LogP contribution is -2.28. The number of nitrogens with zero attached hydrogens (tertiary/aromatic N) is 1. The molecule has 0 unspecified atom stereocenters. The van der Waals surface area contributed by atoms with Gasteiger partial charge in [-0.1, -0.05) is 61.0 Å². The molecule has 4 rings (SSSR count). The first-order valence-corrected chi connectivity index (χ1v) is 12.1. The average Bonchev–Trinajstić information content (AvgIpc) is 3.40. The summed E-state index contributed by atoms with van der Waals surface area (Å²) in [6, 6.07) is 20.1. The van der Waals surface area contributed by atoms with Crippen LogP contribution in [-0.4, -0.2) is 31.6 Å². The van der Waals surface area contributed by atoms with E-state index < -0.39 is 10.0 Å². The van der Waals surface area contributed by atoms with Gasteiger partial charge in [-0.3, -0.25) is 4.79 Å². The number of allylic oxidation sites excluding steroid dienone is 1. The number of thiophene rings is 1. The SMILES string of the molecule is Cc1ccc(S(=O)(=O)N2C/C(=C(/C(=O)c3cccs3)c3ccccc3)[C@H](C)C2)cc1. The molecule has 1 fully saturated rings. The van der Waals surface area contributed by atoms with Crippen molar-refractivity contribution < 1.29 is 13.2 Å². The molecule has 0 saturated carbocycles. The molecule has 1 aromatic heterocycles. The van der Waals surface area contributed by atoms with E-state index in [-0.39, 0.29) is 23.1 Å². The van der Waals surface area contributed by atoms with Crippen LogP contribution in [0.1, 0.15) is 27.7 Å². The van der Waals surface area contributed by atoms with Crippen LogP contribution < -0.4 is 0 Å². The molecule has 3 aromatic rings. The number of Topliss-reactive ketones (excluding diaryl/α,β-unsaturated/α-hetero) is 1. The molecular weight excluding hydrogens is 414 g/mol. The predicted molar refractivity (Wildman–Crippen MR) is 121 cm³/mol. The summed E-state index contributed by atoms with van der Waals surface area (Å²) in [6.07, 6.45) is 0. The zero-order chi connectivity index (χ0) is 21.3. The van der Waals surface area contributed by atoms with Crippen LogP contribution in [0.2, 0.25) is 0 Å². The smallest absolute Gasteiger partial charge is 0.243 e. The quantitative estimate of drug-likeness (QED) is 0.415.